The van der Waals surface area contributed by atoms with Crippen molar-refractivity contribution in [1.29, 1.82) is 0 Å². The van der Waals surface area contributed by atoms with Crippen molar-refractivity contribution in [3.8, 4) is 16.2 Å². The van der Waals surface area contributed by atoms with E-state index in [0.717, 1.165) is 16.0 Å². The number of rotatable bonds is 7. The lowest BCUT2D eigenvalue weighted by Gasteiger charge is -2.23. The van der Waals surface area contributed by atoms with Gasteiger partial charge in [-0.25, -0.2) is 4.98 Å². The van der Waals surface area contributed by atoms with Crippen LogP contribution in [0.15, 0.2) is 60.8 Å². The number of nitrogens with zero attached hydrogens (tertiary/aromatic N) is 1. The van der Waals surface area contributed by atoms with Crippen LogP contribution in [-0.2, 0) is 26.3 Å². The average molecular weight is 461 g/mol. The smallest absolute Gasteiger partial charge is 0.380 e. The Morgan fingerprint density at radius 3 is 2.32 bits per heavy atom. The second kappa shape index (κ2) is 9.17. The first-order valence-electron chi connectivity index (χ1n) is 9.55. The summed E-state index contributed by atoms with van der Waals surface area (Å²) in [6.07, 6.45) is 2.10. The molecule has 0 aliphatic heterocycles. The molecule has 164 valence electrons. The molecule has 7 nitrogen and oxygen atoms in total. The summed E-state index contributed by atoms with van der Waals surface area (Å²) in [5, 5.41) is 5.54. The minimum Gasteiger partial charge on any atom is -0.459 e. The molecule has 0 radical (unpaired) electrons. The largest absolute Gasteiger partial charge is 0.459 e. The van der Waals surface area contributed by atoms with E-state index in [1.54, 1.807) is 18.3 Å². The van der Waals surface area contributed by atoms with Crippen molar-refractivity contribution in [3.63, 3.8) is 0 Å². The Balaban J connectivity index is 1.87. The number of hydrogen-bond donors (Lipinski definition) is 1. The van der Waals surface area contributed by atoms with E-state index in [-0.39, 0.29) is 11.7 Å². The molecule has 0 saturated heterocycles. The van der Waals surface area contributed by atoms with E-state index in [0.29, 0.717) is 11.4 Å². The van der Waals surface area contributed by atoms with Crippen LogP contribution >= 0.6 is 11.3 Å². The Kier molecular flexibility index (Phi) is 6.78. The Morgan fingerprint density at radius 2 is 1.74 bits per heavy atom. The van der Waals surface area contributed by atoms with Crippen LogP contribution in [0.25, 0.3) is 10.4 Å². The molecule has 0 saturated carbocycles. The summed E-state index contributed by atoms with van der Waals surface area (Å²) < 4.78 is 32.5. The van der Waals surface area contributed by atoms with Gasteiger partial charge in [0, 0.05) is 6.20 Å². The topological polar surface area (TPSA) is 109 Å². The van der Waals surface area contributed by atoms with Crippen LogP contribution in [0.3, 0.4) is 0 Å². The van der Waals surface area contributed by atoms with Gasteiger partial charge < -0.3 is 8.92 Å². The predicted molar refractivity (Wildman–Crippen MR) is 120 cm³/mol. The Bertz CT molecular complexity index is 1130. The SMILES string of the molecule is CC(C)(C)OC(=O)[C@H](Cc1ccc(OS(N)(=O)=O)cc1)c1ncc(-c2ccccc2)s1. The number of ether oxygens (including phenoxy) is 1. The summed E-state index contributed by atoms with van der Waals surface area (Å²) in [6.45, 7) is 5.45. The van der Waals surface area contributed by atoms with Gasteiger partial charge in [-0.15, -0.1) is 11.3 Å². The van der Waals surface area contributed by atoms with Gasteiger partial charge in [0.25, 0.3) is 0 Å². The van der Waals surface area contributed by atoms with Crippen LogP contribution in [0.4, 0.5) is 0 Å². The minimum absolute atomic E-state index is 0.0979. The van der Waals surface area contributed by atoms with Gasteiger partial charge in [0.15, 0.2) is 0 Å². The molecular formula is C22H24N2O5S2. The van der Waals surface area contributed by atoms with Crippen molar-refractivity contribution in [2.45, 2.75) is 38.7 Å². The molecule has 0 unspecified atom stereocenters. The van der Waals surface area contributed by atoms with E-state index in [9.17, 15) is 13.2 Å². The van der Waals surface area contributed by atoms with Gasteiger partial charge in [-0.05, 0) is 50.5 Å². The highest BCUT2D eigenvalue weighted by Crippen LogP contribution is 2.33. The molecule has 31 heavy (non-hydrogen) atoms. The molecule has 0 amide bonds. The number of carbonyl (C=O) groups excluding carboxylic acids is 1. The third-order valence-corrected chi connectivity index (χ3v) is 5.73. The lowest BCUT2D eigenvalue weighted by molar-refractivity contribution is -0.156. The molecular weight excluding hydrogens is 436 g/mol. The highest BCUT2D eigenvalue weighted by Gasteiger charge is 2.29. The van der Waals surface area contributed by atoms with E-state index in [1.165, 1.54) is 23.5 Å². The molecule has 9 heteroatoms. The quantitative estimate of drug-likeness (QED) is 0.533. The first-order chi connectivity index (χ1) is 14.5. The number of hydrogen-bond acceptors (Lipinski definition) is 7. The van der Waals surface area contributed by atoms with Gasteiger partial charge in [0.2, 0.25) is 0 Å². The summed E-state index contributed by atoms with van der Waals surface area (Å²) in [5.74, 6) is -0.876. The van der Waals surface area contributed by atoms with Gasteiger partial charge in [-0.2, -0.15) is 13.6 Å². The summed E-state index contributed by atoms with van der Waals surface area (Å²) in [5.41, 5.74) is 1.19. The van der Waals surface area contributed by atoms with Crippen LogP contribution in [-0.4, -0.2) is 25.0 Å². The molecule has 0 spiro atoms. The monoisotopic (exact) mass is 460 g/mol. The number of thiazole rings is 1. The summed E-state index contributed by atoms with van der Waals surface area (Å²) in [4.78, 5) is 18.5. The first-order valence-corrected chi connectivity index (χ1v) is 11.8. The molecule has 0 aliphatic rings. The molecule has 1 heterocycles. The molecule has 0 bridgehead atoms. The number of aromatic nitrogens is 1. The third kappa shape index (κ3) is 6.88. The highest BCUT2D eigenvalue weighted by molar-refractivity contribution is 7.84. The number of nitrogens with two attached hydrogens (primary N) is 1. The zero-order valence-electron chi connectivity index (χ0n) is 17.4. The maximum absolute atomic E-state index is 13.0. The number of carbonyl (C=O) groups is 1. The van der Waals surface area contributed by atoms with E-state index in [4.69, 9.17) is 9.88 Å². The van der Waals surface area contributed by atoms with E-state index in [1.807, 2.05) is 51.1 Å². The van der Waals surface area contributed by atoms with Crippen molar-refractivity contribution < 1.29 is 22.1 Å². The Hall–Kier alpha value is -2.75. The van der Waals surface area contributed by atoms with Crippen LogP contribution in [0.5, 0.6) is 5.75 Å². The van der Waals surface area contributed by atoms with Crippen molar-refractivity contribution >= 4 is 27.6 Å². The highest BCUT2D eigenvalue weighted by atomic mass is 32.2. The van der Waals surface area contributed by atoms with Crippen LogP contribution in [0, 0.1) is 0 Å². The number of benzene rings is 2. The fraction of sp³-hybridized carbons (Fsp3) is 0.273. The van der Waals surface area contributed by atoms with Crippen molar-refractivity contribution in [3.05, 3.63) is 71.4 Å². The zero-order valence-corrected chi connectivity index (χ0v) is 19.1. The normalized spacial score (nSPS) is 12.9. The lowest BCUT2D eigenvalue weighted by atomic mass is 9.99. The predicted octanol–water partition coefficient (Wildman–Crippen LogP) is 4.06. The zero-order chi connectivity index (χ0) is 22.6. The summed E-state index contributed by atoms with van der Waals surface area (Å²) in [7, 11) is -4.10. The van der Waals surface area contributed by atoms with Crippen LogP contribution < -0.4 is 9.32 Å². The Labute approximate surface area is 186 Å². The van der Waals surface area contributed by atoms with Gasteiger partial charge in [-0.3, -0.25) is 4.79 Å². The van der Waals surface area contributed by atoms with E-state index >= 15 is 0 Å². The van der Waals surface area contributed by atoms with Gasteiger partial charge in [0.1, 0.15) is 22.3 Å². The van der Waals surface area contributed by atoms with Gasteiger partial charge in [0.05, 0.1) is 4.88 Å². The molecule has 2 aromatic carbocycles. The van der Waals surface area contributed by atoms with Crippen molar-refractivity contribution in [2.24, 2.45) is 5.14 Å². The van der Waals surface area contributed by atoms with Crippen LogP contribution in [0.1, 0.15) is 37.3 Å². The van der Waals surface area contributed by atoms with Crippen LogP contribution in [0.2, 0.25) is 0 Å². The average Bonchev–Trinajstić information content (AvgIpc) is 3.15. The fourth-order valence-corrected chi connectivity index (χ4v) is 4.27. The lowest BCUT2D eigenvalue weighted by Crippen LogP contribution is -2.28. The molecule has 0 aliphatic carbocycles. The second-order valence-corrected chi connectivity index (χ2v) is 10.2. The maximum atomic E-state index is 13.0. The van der Waals surface area contributed by atoms with E-state index < -0.39 is 21.8 Å². The van der Waals surface area contributed by atoms with Gasteiger partial charge >= 0.3 is 16.3 Å². The molecule has 2 N–H and O–H groups in total. The molecule has 3 rings (SSSR count). The molecule has 1 aromatic heterocycles. The standard InChI is InChI=1S/C22H24N2O5S2/c1-22(2,3)28-21(25)18(13-15-9-11-17(12-10-15)29-31(23,26)27)20-24-14-19(30-20)16-7-5-4-6-8-16/h4-12,14,18H,13H2,1-3H3,(H2,23,26,27)/t18-/m1/s1. The maximum Gasteiger partial charge on any atom is 0.380 e. The summed E-state index contributed by atoms with van der Waals surface area (Å²) >= 11 is 1.45. The first kappa shape index (κ1) is 22.9. The molecule has 1 atom stereocenters. The number of esters is 1. The van der Waals surface area contributed by atoms with Crippen molar-refractivity contribution in [1.82, 2.24) is 4.98 Å². The van der Waals surface area contributed by atoms with Gasteiger partial charge in [-0.1, -0.05) is 42.5 Å². The third-order valence-electron chi connectivity index (χ3n) is 4.15. The van der Waals surface area contributed by atoms with Crippen molar-refractivity contribution in [2.75, 3.05) is 0 Å². The molecule has 3 aromatic rings. The Morgan fingerprint density at radius 1 is 1.10 bits per heavy atom. The minimum atomic E-state index is -4.10. The fourth-order valence-electron chi connectivity index (χ4n) is 2.88. The van der Waals surface area contributed by atoms with E-state index in [2.05, 4.69) is 9.17 Å². The second-order valence-electron chi connectivity index (χ2n) is 7.94. The molecule has 0 fully saturated rings. The summed E-state index contributed by atoms with van der Waals surface area (Å²) in [6, 6.07) is 16.2.